The van der Waals surface area contributed by atoms with Crippen LogP contribution in [0.5, 0.6) is 0 Å². The molecule has 3 nitrogen and oxygen atoms in total. The standard InChI is InChI=1S/C12H15Cl2NO2.ClH/c1-15(2)6-3-7-17-12(16)10-5-4-9(13)8-11(10)14;/h4-5,8H,3,6-7H2,1-2H3;1H. The molecule has 18 heavy (non-hydrogen) atoms. The average molecular weight is 313 g/mol. The van der Waals surface area contributed by atoms with Crippen LogP contribution in [0.4, 0.5) is 0 Å². The summed E-state index contributed by atoms with van der Waals surface area (Å²) in [6, 6.07) is 4.71. The van der Waals surface area contributed by atoms with E-state index in [0.717, 1.165) is 13.0 Å². The smallest absolute Gasteiger partial charge is 0.339 e. The molecule has 0 saturated heterocycles. The largest absolute Gasteiger partial charge is 0.462 e. The van der Waals surface area contributed by atoms with Gasteiger partial charge in [-0.25, -0.2) is 4.79 Å². The molecule has 0 aromatic heterocycles. The first-order valence-electron chi connectivity index (χ1n) is 5.27. The number of esters is 1. The summed E-state index contributed by atoms with van der Waals surface area (Å²) in [6.07, 6.45) is 0.796. The Bertz CT molecular complexity index is 397. The van der Waals surface area contributed by atoms with E-state index in [1.54, 1.807) is 12.1 Å². The number of halogens is 3. The molecule has 1 aromatic rings. The number of nitrogens with zero attached hydrogens (tertiary/aromatic N) is 1. The van der Waals surface area contributed by atoms with Gasteiger partial charge in [-0.1, -0.05) is 23.2 Å². The maximum Gasteiger partial charge on any atom is 0.339 e. The third-order valence-corrected chi connectivity index (χ3v) is 2.68. The molecule has 0 fully saturated rings. The van der Waals surface area contributed by atoms with Gasteiger partial charge in [0.15, 0.2) is 0 Å². The third-order valence-electron chi connectivity index (χ3n) is 2.13. The molecular weight excluding hydrogens is 296 g/mol. The second-order valence-corrected chi connectivity index (χ2v) is 4.76. The fourth-order valence-electron chi connectivity index (χ4n) is 1.28. The molecule has 0 aliphatic carbocycles. The molecule has 6 heteroatoms. The van der Waals surface area contributed by atoms with Gasteiger partial charge in [0.1, 0.15) is 0 Å². The molecular formula is C12H16Cl3NO2. The minimum atomic E-state index is -0.412. The van der Waals surface area contributed by atoms with Crippen LogP contribution < -0.4 is 0 Å². The van der Waals surface area contributed by atoms with Gasteiger partial charge in [-0.15, -0.1) is 12.4 Å². The highest BCUT2D eigenvalue weighted by molar-refractivity contribution is 6.36. The van der Waals surface area contributed by atoms with Crippen LogP contribution in [0.25, 0.3) is 0 Å². The van der Waals surface area contributed by atoms with Gasteiger partial charge in [0, 0.05) is 11.6 Å². The van der Waals surface area contributed by atoms with Crippen molar-refractivity contribution in [3.63, 3.8) is 0 Å². The monoisotopic (exact) mass is 311 g/mol. The van der Waals surface area contributed by atoms with Crippen molar-refractivity contribution in [2.45, 2.75) is 6.42 Å². The molecule has 0 spiro atoms. The van der Waals surface area contributed by atoms with E-state index in [9.17, 15) is 4.79 Å². The Kier molecular flexibility index (Phi) is 8.36. The zero-order valence-corrected chi connectivity index (χ0v) is 12.6. The van der Waals surface area contributed by atoms with Crippen LogP contribution in [-0.4, -0.2) is 38.1 Å². The second kappa shape index (κ2) is 8.59. The van der Waals surface area contributed by atoms with Crippen molar-refractivity contribution >= 4 is 41.6 Å². The second-order valence-electron chi connectivity index (χ2n) is 3.92. The number of benzene rings is 1. The molecule has 0 aliphatic heterocycles. The molecule has 1 aromatic carbocycles. The van der Waals surface area contributed by atoms with Crippen molar-refractivity contribution < 1.29 is 9.53 Å². The summed E-state index contributed by atoms with van der Waals surface area (Å²) in [5, 5.41) is 0.814. The van der Waals surface area contributed by atoms with Gasteiger partial charge >= 0.3 is 5.97 Å². The van der Waals surface area contributed by atoms with Crippen molar-refractivity contribution in [2.75, 3.05) is 27.2 Å². The van der Waals surface area contributed by atoms with Crippen LogP contribution in [0.3, 0.4) is 0 Å². The van der Waals surface area contributed by atoms with Gasteiger partial charge in [-0.3, -0.25) is 0 Å². The van der Waals surface area contributed by atoms with Crippen LogP contribution in [0.2, 0.25) is 10.0 Å². The van der Waals surface area contributed by atoms with Crippen LogP contribution in [0.15, 0.2) is 18.2 Å². The molecule has 0 radical (unpaired) electrons. The number of carbonyl (C=O) groups excluding carboxylic acids is 1. The number of ether oxygens (including phenoxy) is 1. The third kappa shape index (κ3) is 5.91. The van der Waals surface area contributed by atoms with E-state index in [-0.39, 0.29) is 12.4 Å². The minimum absolute atomic E-state index is 0. The average Bonchev–Trinajstić information content (AvgIpc) is 2.23. The lowest BCUT2D eigenvalue weighted by atomic mass is 10.2. The van der Waals surface area contributed by atoms with E-state index in [2.05, 4.69) is 0 Å². The molecule has 0 saturated carbocycles. The van der Waals surface area contributed by atoms with Gasteiger partial charge in [0.2, 0.25) is 0 Å². The Morgan fingerprint density at radius 2 is 2.00 bits per heavy atom. The Balaban J connectivity index is 0.00000289. The summed E-state index contributed by atoms with van der Waals surface area (Å²) < 4.78 is 5.11. The molecule has 0 heterocycles. The predicted molar refractivity (Wildman–Crippen MR) is 77.2 cm³/mol. The highest BCUT2D eigenvalue weighted by Crippen LogP contribution is 2.21. The molecule has 102 valence electrons. The number of rotatable bonds is 5. The first-order valence-corrected chi connectivity index (χ1v) is 6.03. The summed E-state index contributed by atoms with van der Waals surface area (Å²) in [4.78, 5) is 13.7. The van der Waals surface area contributed by atoms with Crippen molar-refractivity contribution in [1.82, 2.24) is 4.90 Å². The zero-order valence-electron chi connectivity index (χ0n) is 10.3. The lowest BCUT2D eigenvalue weighted by Crippen LogP contribution is -2.16. The number of hydrogen-bond acceptors (Lipinski definition) is 3. The van der Waals surface area contributed by atoms with Gasteiger partial charge < -0.3 is 9.64 Å². The highest BCUT2D eigenvalue weighted by atomic mass is 35.5. The first-order chi connectivity index (χ1) is 8.00. The molecule has 0 amide bonds. The SMILES string of the molecule is CN(C)CCCOC(=O)c1ccc(Cl)cc1Cl.Cl. The van der Waals surface area contributed by atoms with E-state index >= 15 is 0 Å². The normalized spacial score (nSPS) is 10.1. The predicted octanol–water partition coefficient (Wildman–Crippen LogP) is 3.52. The van der Waals surface area contributed by atoms with Crippen LogP contribution in [-0.2, 0) is 4.74 Å². The lowest BCUT2D eigenvalue weighted by molar-refractivity contribution is 0.0493. The van der Waals surface area contributed by atoms with E-state index in [1.807, 2.05) is 19.0 Å². The van der Waals surface area contributed by atoms with Crippen molar-refractivity contribution in [2.24, 2.45) is 0 Å². The van der Waals surface area contributed by atoms with Crippen molar-refractivity contribution in [1.29, 1.82) is 0 Å². The van der Waals surface area contributed by atoms with Crippen LogP contribution >= 0.6 is 35.6 Å². The summed E-state index contributed by atoms with van der Waals surface area (Å²) in [6.45, 7) is 1.26. The fraction of sp³-hybridized carbons (Fsp3) is 0.417. The summed E-state index contributed by atoms with van der Waals surface area (Å²) >= 11 is 11.6. The quantitative estimate of drug-likeness (QED) is 0.615. The zero-order chi connectivity index (χ0) is 12.8. The van der Waals surface area contributed by atoms with E-state index in [0.29, 0.717) is 22.2 Å². The number of hydrogen-bond donors (Lipinski definition) is 0. The molecule has 1 rings (SSSR count). The Morgan fingerprint density at radius 3 is 2.56 bits per heavy atom. The molecule has 0 aliphatic rings. The van der Waals surface area contributed by atoms with E-state index in [4.69, 9.17) is 27.9 Å². The van der Waals surface area contributed by atoms with Crippen LogP contribution in [0, 0.1) is 0 Å². The van der Waals surface area contributed by atoms with E-state index in [1.165, 1.54) is 6.07 Å². The van der Waals surface area contributed by atoms with Crippen LogP contribution in [0.1, 0.15) is 16.8 Å². The first kappa shape index (κ1) is 17.5. The molecule has 0 atom stereocenters. The van der Waals surface area contributed by atoms with Gasteiger partial charge in [-0.2, -0.15) is 0 Å². The maximum absolute atomic E-state index is 11.7. The van der Waals surface area contributed by atoms with Gasteiger partial charge in [0.25, 0.3) is 0 Å². The molecule has 0 unspecified atom stereocenters. The maximum atomic E-state index is 11.7. The van der Waals surface area contributed by atoms with Gasteiger partial charge in [0.05, 0.1) is 17.2 Å². The number of carbonyl (C=O) groups is 1. The Labute approximate surface area is 123 Å². The lowest BCUT2D eigenvalue weighted by Gasteiger charge is -2.10. The fourth-order valence-corrected chi connectivity index (χ4v) is 1.76. The topological polar surface area (TPSA) is 29.5 Å². The Hall–Kier alpha value is -0.480. The summed E-state index contributed by atoms with van der Waals surface area (Å²) in [7, 11) is 3.94. The Morgan fingerprint density at radius 1 is 1.33 bits per heavy atom. The molecule has 0 N–H and O–H groups in total. The summed E-state index contributed by atoms with van der Waals surface area (Å²) in [5.41, 5.74) is 0.348. The van der Waals surface area contributed by atoms with Crippen molar-refractivity contribution in [3.8, 4) is 0 Å². The highest BCUT2D eigenvalue weighted by Gasteiger charge is 2.11. The van der Waals surface area contributed by atoms with E-state index < -0.39 is 5.97 Å². The molecule has 0 bridgehead atoms. The van der Waals surface area contributed by atoms with Crippen molar-refractivity contribution in [3.05, 3.63) is 33.8 Å². The summed E-state index contributed by atoms with van der Waals surface area (Å²) in [5.74, 6) is -0.412. The van der Waals surface area contributed by atoms with Gasteiger partial charge in [-0.05, 0) is 38.7 Å². The minimum Gasteiger partial charge on any atom is -0.462 e.